The number of hydrogen-bond acceptors (Lipinski definition) is 6. The summed E-state index contributed by atoms with van der Waals surface area (Å²) < 4.78 is 11.5. The molecule has 4 heterocycles. The third-order valence-electron chi connectivity index (χ3n) is 8.20. The van der Waals surface area contributed by atoms with E-state index in [9.17, 15) is 0 Å². The molecule has 0 aromatic heterocycles. The number of hydrogen-bond donors (Lipinski definition) is 4. The number of rotatable bonds is 5. The Morgan fingerprint density at radius 2 is 1.97 bits per heavy atom. The number of ether oxygens (including phenoxy) is 2. The molecule has 166 valence electrons. The summed E-state index contributed by atoms with van der Waals surface area (Å²) in [6, 6.07) is 0.563. The fourth-order valence-electron chi connectivity index (χ4n) is 6.42. The van der Waals surface area contributed by atoms with Crippen LogP contribution in [0.5, 0.6) is 0 Å². The van der Waals surface area contributed by atoms with Crippen molar-refractivity contribution < 1.29 is 24.5 Å². The molecular formula is C21H41N5O3+2. The maximum Gasteiger partial charge on any atom is 0.183 e. The standard InChI is InChI=1S/C21H39N5O3/c1-25(2)19-8-6-15(11-22-19)20-23-21(29-24-20)16-4-3-9-26(16)12-14-5-7-17-18(10-14)28-13-27-17/h14-24H,3-13H2,1-2H3/p+2/t14?,15?,16-,17?,18?,19?,20?,21?/m1/s1. The van der Waals surface area contributed by atoms with Crippen LogP contribution >= 0.6 is 0 Å². The Morgan fingerprint density at radius 1 is 1.07 bits per heavy atom. The minimum absolute atomic E-state index is 0.145. The largest absolute Gasteiger partial charge is 0.349 e. The molecular weight excluding hydrogens is 370 g/mol. The molecule has 0 aromatic carbocycles. The second-order valence-corrected chi connectivity index (χ2v) is 10.2. The predicted octanol–water partition coefficient (Wildman–Crippen LogP) is -1.79. The molecule has 4 aliphatic heterocycles. The van der Waals surface area contributed by atoms with Gasteiger partial charge in [-0.3, -0.25) is 15.1 Å². The summed E-state index contributed by atoms with van der Waals surface area (Å²) in [5.74, 6) is 1.39. The van der Waals surface area contributed by atoms with Crippen molar-refractivity contribution in [3.8, 4) is 0 Å². The van der Waals surface area contributed by atoms with Gasteiger partial charge >= 0.3 is 0 Å². The minimum Gasteiger partial charge on any atom is -0.349 e. The lowest BCUT2D eigenvalue weighted by Gasteiger charge is -2.34. The number of nitrogens with two attached hydrogens (primary N) is 1. The second kappa shape index (κ2) is 9.04. The zero-order valence-corrected chi connectivity index (χ0v) is 18.1. The molecule has 5 fully saturated rings. The number of piperidine rings is 1. The molecule has 5 N–H and O–H groups in total. The number of likely N-dealkylation sites (tertiary alicyclic amines) is 1. The summed E-state index contributed by atoms with van der Waals surface area (Å²) in [4.78, 5) is 10.2. The van der Waals surface area contributed by atoms with Crippen LogP contribution in [0.4, 0.5) is 0 Å². The lowest BCUT2D eigenvalue weighted by molar-refractivity contribution is -0.919. The van der Waals surface area contributed by atoms with E-state index in [0.717, 1.165) is 12.5 Å². The minimum atomic E-state index is 0.145. The Hall–Kier alpha value is -0.320. The highest BCUT2D eigenvalue weighted by molar-refractivity contribution is 4.86. The molecule has 0 radical (unpaired) electrons. The molecule has 9 atom stereocenters. The third-order valence-corrected chi connectivity index (χ3v) is 8.20. The SMILES string of the molecule is CN(C)C1CCC(C2NOC([C@H]3CCC[NH+]3CC3CCC4OCOC4C3)N2)C[NH2+]1. The van der Waals surface area contributed by atoms with Gasteiger partial charge in [0.25, 0.3) is 0 Å². The highest BCUT2D eigenvalue weighted by Gasteiger charge is 2.45. The molecule has 0 amide bonds. The van der Waals surface area contributed by atoms with E-state index in [-0.39, 0.29) is 6.23 Å². The first-order chi connectivity index (χ1) is 14.2. The van der Waals surface area contributed by atoms with Crippen LogP contribution in [0, 0.1) is 11.8 Å². The number of fused-ring (bicyclic) bond motifs is 1. The summed E-state index contributed by atoms with van der Waals surface area (Å²) >= 11 is 0. The molecule has 0 aromatic rings. The van der Waals surface area contributed by atoms with Crippen LogP contribution in [-0.4, -0.2) is 82.2 Å². The van der Waals surface area contributed by atoms with Gasteiger partial charge in [0.1, 0.15) is 19.0 Å². The van der Waals surface area contributed by atoms with Gasteiger partial charge in [-0.2, -0.15) is 5.48 Å². The fourth-order valence-corrected chi connectivity index (χ4v) is 6.42. The highest BCUT2D eigenvalue weighted by atomic mass is 16.7. The van der Waals surface area contributed by atoms with Crippen molar-refractivity contribution in [2.24, 2.45) is 11.8 Å². The molecule has 8 unspecified atom stereocenters. The quantitative estimate of drug-likeness (QED) is 0.428. The van der Waals surface area contributed by atoms with Gasteiger partial charge in [0, 0.05) is 31.1 Å². The molecule has 5 rings (SSSR count). The summed E-state index contributed by atoms with van der Waals surface area (Å²) in [6.45, 7) is 4.20. The lowest BCUT2D eigenvalue weighted by Crippen LogP contribution is -3.16. The van der Waals surface area contributed by atoms with E-state index in [1.165, 1.54) is 58.0 Å². The summed E-state index contributed by atoms with van der Waals surface area (Å²) in [6.07, 6.45) is 10.5. The van der Waals surface area contributed by atoms with E-state index in [4.69, 9.17) is 14.3 Å². The lowest BCUT2D eigenvalue weighted by atomic mass is 9.85. The maximum absolute atomic E-state index is 6.11. The zero-order chi connectivity index (χ0) is 19.8. The van der Waals surface area contributed by atoms with E-state index >= 15 is 0 Å². The first-order valence-corrected chi connectivity index (χ1v) is 11.9. The van der Waals surface area contributed by atoms with Gasteiger partial charge in [-0.15, -0.1) is 0 Å². The van der Waals surface area contributed by atoms with Crippen molar-refractivity contribution >= 4 is 0 Å². The van der Waals surface area contributed by atoms with E-state index in [1.807, 2.05) is 0 Å². The van der Waals surface area contributed by atoms with E-state index in [2.05, 4.69) is 35.1 Å². The van der Waals surface area contributed by atoms with E-state index < -0.39 is 0 Å². The average Bonchev–Trinajstić information content (AvgIpc) is 3.48. The van der Waals surface area contributed by atoms with Crippen LogP contribution in [0.3, 0.4) is 0 Å². The van der Waals surface area contributed by atoms with Gasteiger partial charge in [-0.1, -0.05) is 0 Å². The predicted molar refractivity (Wildman–Crippen MR) is 108 cm³/mol. The van der Waals surface area contributed by atoms with Crippen LogP contribution < -0.4 is 21.0 Å². The molecule has 29 heavy (non-hydrogen) atoms. The Balaban J connectivity index is 1.11. The zero-order valence-electron chi connectivity index (χ0n) is 18.1. The Morgan fingerprint density at radius 3 is 2.79 bits per heavy atom. The van der Waals surface area contributed by atoms with Crippen LogP contribution in [0.25, 0.3) is 0 Å². The Kier molecular flexibility index (Phi) is 6.42. The van der Waals surface area contributed by atoms with Gasteiger partial charge in [0.2, 0.25) is 0 Å². The number of nitrogens with zero attached hydrogens (tertiary/aromatic N) is 1. The summed E-state index contributed by atoms with van der Waals surface area (Å²) in [5.41, 5.74) is 3.36. The molecule has 0 bridgehead atoms. The van der Waals surface area contributed by atoms with Crippen molar-refractivity contribution in [1.29, 1.82) is 0 Å². The Bertz CT molecular complexity index is 544. The molecule has 4 saturated heterocycles. The number of nitrogens with one attached hydrogen (secondary N) is 3. The first-order valence-electron chi connectivity index (χ1n) is 11.9. The molecule has 1 aliphatic carbocycles. The third kappa shape index (κ3) is 4.50. The number of hydroxylamine groups is 1. The summed E-state index contributed by atoms with van der Waals surface area (Å²) in [7, 11) is 4.37. The molecule has 0 spiro atoms. The Labute approximate surface area is 174 Å². The van der Waals surface area contributed by atoms with Gasteiger partial charge in [-0.05, 0) is 39.8 Å². The highest BCUT2D eigenvalue weighted by Crippen LogP contribution is 2.31. The molecule has 8 nitrogen and oxygen atoms in total. The first kappa shape index (κ1) is 20.6. The second-order valence-electron chi connectivity index (χ2n) is 10.2. The van der Waals surface area contributed by atoms with Gasteiger partial charge in [0.05, 0.1) is 38.0 Å². The van der Waals surface area contributed by atoms with Crippen molar-refractivity contribution in [3.63, 3.8) is 0 Å². The topological polar surface area (TPSA) is 76.0 Å². The van der Waals surface area contributed by atoms with E-state index in [0.29, 0.717) is 43.3 Å². The van der Waals surface area contributed by atoms with Crippen LogP contribution in [0.1, 0.15) is 44.9 Å². The van der Waals surface area contributed by atoms with Crippen molar-refractivity contribution in [2.45, 2.75) is 81.8 Å². The summed E-state index contributed by atoms with van der Waals surface area (Å²) in [5, 5.41) is 6.31. The molecule has 1 saturated carbocycles. The van der Waals surface area contributed by atoms with Crippen molar-refractivity contribution in [2.75, 3.05) is 40.5 Å². The smallest absolute Gasteiger partial charge is 0.183 e. The van der Waals surface area contributed by atoms with Crippen LogP contribution in [0.15, 0.2) is 0 Å². The molecule has 5 aliphatic rings. The monoisotopic (exact) mass is 411 g/mol. The fraction of sp³-hybridized carbons (Fsp3) is 1.00. The van der Waals surface area contributed by atoms with Gasteiger partial charge in [0.15, 0.2) is 6.23 Å². The normalized spacial score (nSPS) is 48.3. The average molecular weight is 412 g/mol. The van der Waals surface area contributed by atoms with Gasteiger partial charge in [-0.25, -0.2) is 0 Å². The van der Waals surface area contributed by atoms with Crippen LogP contribution in [0.2, 0.25) is 0 Å². The van der Waals surface area contributed by atoms with Crippen molar-refractivity contribution in [3.05, 3.63) is 0 Å². The van der Waals surface area contributed by atoms with E-state index in [1.54, 1.807) is 4.90 Å². The molecule has 8 heteroatoms. The number of quaternary nitrogens is 2. The van der Waals surface area contributed by atoms with Gasteiger partial charge < -0.3 is 19.7 Å². The maximum atomic E-state index is 6.11. The van der Waals surface area contributed by atoms with Crippen LogP contribution in [-0.2, 0) is 14.3 Å². The van der Waals surface area contributed by atoms with Crippen molar-refractivity contribution in [1.82, 2.24) is 15.7 Å².